The van der Waals surface area contributed by atoms with Gasteiger partial charge in [0.05, 0.1) is 0 Å². The van der Waals surface area contributed by atoms with Crippen LogP contribution in [0.1, 0.15) is 42.6 Å². The molecule has 2 atom stereocenters. The van der Waals surface area contributed by atoms with Crippen LogP contribution in [0.25, 0.3) is 0 Å². The maximum atomic E-state index is 12.4. The Morgan fingerprint density at radius 1 is 1.37 bits per heavy atom. The summed E-state index contributed by atoms with van der Waals surface area (Å²) in [5.74, 6) is -0.587. The lowest BCUT2D eigenvalue weighted by molar-refractivity contribution is -0.138. The van der Waals surface area contributed by atoms with Crippen molar-refractivity contribution in [3.05, 3.63) is 11.1 Å². The van der Waals surface area contributed by atoms with E-state index < -0.39 is 5.97 Å². The van der Waals surface area contributed by atoms with Crippen LogP contribution < -0.4 is 0 Å². The highest BCUT2D eigenvalue weighted by molar-refractivity contribution is 7.03. The molecule has 2 aliphatic heterocycles. The molecule has 2 bridgehead atoms. The molecule has 2 unspecified atom stereocenters. The second-order valence-corrected chi connectivity index (χ2v) is 5.93. The van der Waals surface area contributed by atoms with Crippen LogP contribution in [0.2, 0.25) is 0 Å². The first-order valence-corrected chi connectivity index (χ1v) is 7.30. The lowest BCUT2D eigenvalue weighted by Crippen LogP contribution is -2.47. The summed E-state index contributed by atoms with van der Waals surface area (Å²) in [7, 11) is 0. The third kappa shape index (κ3) is 2.34. The van der Waals surface area contributed by atoms with Crippen LogP contribution in [0.3, 0.4) is 0 Å². The van der Waals surface area contributed by atoms with Crippen LogP contribution in [0, 0.1) is 5.92 Å². The second-order valence-electron chi connectivity index (χ2n) is 5.32. The number of carbonyl (C=O) groups is 2. The Kier molecular flexibility index (Phi) is 3.22. The van der Waals surface area contributed by atoms with Gasteiger partial charge in [0.25, 0.3) is 5.91 Å². The van der Waals surface area contributed by atoms with E-state index in [1.54, 1.807) is 5.38 Å². The monoisotopic (exact) mass is 281 g/mol. The normalized spacial score (nSPS) is 29.5. The van der Waals surface area contributed by atoms with E-state index in [1.165, 1.54) is 11.5 Å². The molecule has 2 fully saturated rings. The first-order valence-electron chi connectivity index (χ1n) is 6.46. The summed E-state index contributed by atoms with van der Waals surface area (Å²) in [4.78, 5) is 25.1. The fraction of sp³-hybridized carbons (Fsp3) is 0.667. The molecule has 0 saturated carbocycles. The highest BCUT2D eigenvalue weighted by atomic mass is 32.1. The van der Waals surface area contributed by atoms with E-state index >= 15 is 0 Å². The van der Waals surface area contributed by atoms with Gasteiger partial charge in [-0.15, -0.1) is 5.10 Å². The molecule has 1 aromatic heterocycles. The zero-order valence-electron chi connectivity index (χ0n) is 10.4. The van der Waals surface area contributed by atoms with Crippen LogP contribution in [0.4, 0.5) is 0 Å². The summed E-state index contributed by atoms with van der Waals surface area (Å²) in [6.45, 7) is 0. The Labute approximate surface area is 114 Å². The third-order valence-corrected chi connectivity index (χ3v) is 4.61. The number of amides is 1. The van der Waals surface area contributed by atoms with Crippen molar-refractivity contribution in [1.29, 1.82) is 0 Å². The van der Waals surface area contributed by atoms with E-state index in [0.29, 0.717) is 5.69 Å². The average Bonchev–Trinajstić information content (AvgIpc) is 2.95. The van der Waals surface area contributed by atoms with Gasteiger partial charge in [-0.25, -0.2) is 0 Å². The van der Waals surface area contributed by atoms with Gasteiger partial charge in [0.2, 0.25) is 0 Å². The summed E-state index contributed by atoms with van der Waals surface area (Å²) < 4.78 is 3.73. The number of carboxylic acids is 1. The molecule has 0 spiro atoms. The van der Waals surface area contributed by atoms with Crippen molar-refractivity contribution in [3.8, 4) is 0 Å². The van der Waals surface area contributed by atoms with Gasteiger partial charge in [0, 0.05) is 23.9 Å². The molecule has 0 aromatic carbocycles. The molecule has 0 radical (unpaired) electrons. The number of rotatable bonds is 3. The van der Waals surface area contributed by atoms with E-state index in [-0.39, 0.29) is 30.3 Å². The van der Waals surface area contributed by atoms with Gasteiger partial charge in [0.15, 0.2) is 5.69 Å². The van der Waals surface area contributed by atoms with Crippen LogP contribution in [-0.4, -0.2) is 43.6 Å². The van der Waals surface area contributed by atoms with Crippen molar-refractivity contribution in [2.24, 2.45) is 5.92 Å². The summed E-state index contributed by atoms with van der Waals surface area (Å²) in [5.41, 5.74) is 0.415. The van der Waals surface area contributed by atoms with Gasteiger partial charge >= 0.3 is 5.97 Å². The summed E-state index contributed by atoms with van der Waals surface area (Å²) >= 11 is 1.18. The predicted octanol–water partition coefficient (Wildman–Crippen LogP) is 1.40. The minimum Gasteiger partial charge on any atom is -0.481 e. The average molecular weight is 281 g/mol. The molecule has 3 rings (SSSR count). The molecule has 0 aliphatic carbocycles. The van der Waals surface area contributed by atoms with Crippen molar-refractivity contribution in [3.63, 3.8) is 0 Å². The molecule has 7 heteroatoms. The standard InChI is InChI=1S/C12H15N3O3S/c16-11(17)5-7-3-8-1-2-9(4-7)15(8)12(18)10-6-19-14-13-10/h6-9H,1-5H2,(H,16,17). The largest absolute Gasteiger partial charge is 0.481 e. The van der Waals surface area contributed by atoms with E-state index in [9.17, 15) is 9.59 Å². The lowest BCUT2D eigenvalue weighted by Gasteiger charge is -2.38. The molecule has 2 aliphatic rings. The molecule has 6 nitrogen and oxygen atoms in total. The highest BCUT2D eigenvalue weighted by Gasteiger charge is 2.44. The van der Waals surface area contributed by atoms with Crippen LogP contribution >= 0.6 is 11.5 Å². The second kappa shape index (κ2) is 4.88. The molecule has 19 heavy (non-hydrogen) atoms. The van der Waals surface area contributed by atoms with Gasteiger partial charge in [-0.3, -0.25) is 9.59 Å². The summed E-state index contributed by atoms with van der Waals surface area (Å²) in [6, 6.07) is 0.356. The SMILES string of the molecule is O=C(O)CC1CC2CCC(C1)N2C(=O)c1csnn1. The quantitative estimate of drug-likeness (QED) is 0.905. The molecule has 102 valence electrons. The number of hydrogen-bond acceptors (Lipinski definition) is 5. The first-order chi connectivity index (χ1) is 9.15. The maximum Gasteiger partial charge on any atom is 0.303 e. The van der Waals surface area contributed by atoms with Crippen LogP contribution in [-0.2, 0) is 4.79 Å². The highest BCUT2D eigenvalue weighted by Crippen LogP contribution is 2.40. The van der Waals surface area contributed by atoms with Crippen molar-refractivity contribution in [1.82, 2.24) is 14.5 Å². The van der Waals surface area contributed by atoms with E-state index in [4.69, 9.17) is 5.11 Å². The number of nitrogens with zero attached hydrogens (tertiary/aromatic N) is 3. The fourth-order valence-corrected chi connectivity index (χ4v) is 3.86. The Bertz CT molecular complexity index is 476. The topological polar surface area (TPSA) is 83.4 Å². The van der Waals surface area contributed by atoms with Crippen LogP contribution in [0.15, 0.2) is 5.38 Å². The molecule has 3 heterocycles. The fourth-order valence-electron chi connectivity index (χ4n) is 3.43. The third-order valence-electron chi connectivity index (χ3n) is 4.11. The van der Waals surface area contributed by atoms with E-state index in [0.717, 1.165) is 25.7 Å². The van der Waals surface area contributed by atoms with Crippen molar-refractivity contribution >= 4 is 23.4 Å². The minimum atomic E-state index is -0.743. The zero-order chi connectivity index (χ0) is 13.4. The smallest absolute Gasteiger partial charge is 0.303 e. The first kappa shape index (κ1) is 12.5. The number of carbonyl (C=O) groups excluding carboxylic acids is 1. The van der Waals surface area contributed by atoms with Gasteiger partial charge < -0.3 is 10.0 Å². The van der Waals surface area contributed by atoms with E-state index in [1.807, 2.05) is 4.90 Å². The number of hydrogen-bond donors (Lipinski definition) is 1. The van der Waals surface area contributed by atoms with Gasteiger partial charge in [-0.05, 0) is 43.1 Å². The molecule has 2 saturated heterocycles. The van der Waals surface area contributed by atoms with Crippen LogP contribution in [0.5, 0.6) is 0 Å². The summed E-state index contributed by atoms with van der Waals surface area (Å²) in [6.07, 6.45) is 3.76. The van der Waals surface area contributed by atoms with Crippen molar-refractivity contribution < 1.29 is 14.7 Å². The molecular formula is C12H15N3O3S. The Morgan fingerprint density at radius 2 is 2.05 bits per heavy atom. The Balaban J connectivity index is 1.73. The van der Waals surface area contributed by atoms with Gasteiger partial charge in [0.1, 0.15) is 0 Å². The number of aliphatic carboxylic acids is 1. The number of fused-ring (bicyclic) bond motifs is 2. The zero-order valence-corrected chi connectivity index (χ0v) is 11.2. The predicted molar refractivity (Wildman–Crippen MR) is 67.9 cm³/mol. The molecular weight excluding hydrogens is 266 g/mol. The summed E-state index contributed by atoms with van der Waals surface area (Å²) in [5, 5.41) is 14.4. The van der Waals surface area contributed by atoms with Crippen molar-refractivity contribution in [2.45, 2.75) is 44.2 Å². The Morgan fingerprint density at radius 3 is 2.58 bits per heavy atom. The van der Waals surface area contributed by atoms with Gasteiger partial charge in [-0.1, -0.05) is 4.49 Å². The number of aromatic nitrogens is 2. The molecule has 1 N–H and O–H groups in total. The minimum absolute atomic E-state index is 0.0463. The number of piperidine rings is 1. The van der Waals surface area contributed by atoms with E-state index in [2.05, 4.69) is 9.59 Å². The maximum absolute atomic E-state index is 12.4. The number of carboxylic acid groups (broad SMARTS) is 1. The molecule has 1 amide bonds. The van der Waals surface area contributed by atoms with Crippen molar-refractivity contribution in [2.75, 3.05) is 0 Å². The molecule has 1 aromatic rings. The van der Waals surface area contributed by atoms with Gasteiger partial charge in [-0.2, -0.15) is 0 Å². The Hall–Kier alpha value is -1.50. The lowest BCUT2D eigenvalue weighted by atomic mass is 9.88.